The molecule has 0 aromatic rings. The van der Waals surface area contributed by atoms with Crippen molar-refractivity contribution in [1.82, 2.24) is 0 Å². The summed E-state index contributed by atoms with van der Waals surface area (Å²) in [5, 5.41) is 0. The monoisotopic (exact) mass is 354 g/mol. The second kappa shape index (κ2) is 6.99. The Morgan fingerprint density at radius 3 is 2.62 bits per heavy atom. The summed E-state index contributed by atoms with van der Waals surface area (Å²) < 4.78 is 0. The van der Waals surface area contributed by atoms with Crippen molar-refractivity contribution in [2.45, 2.75) is 93.4 Å². The molecule has 0 amide bonds. The van der Waals surface area contributed by atoms with Gasteiger partial charge in [0.2, 0.25) is 0 Å². The van der Waals surface area contributed by atoms with Crippen molar-refractivity contribution in [3.63, 3.8) is 0 Å². The van der Waals surface area contributed by atoms with Gasteiger partial charge in [0.25, 0.3) is 0 Å². The van der Waals surface area contributed by atoms with E-state index in [0.717, 1.165) is 17.8 Å². The Morgan fingerprint density at radius 2 is 1.96 bits per heavy atom. The Morgan fingerprint density at radius 1 is 1.27 bits per heavy atom. The highest BCUT2D eigenvalue weighted by Gasteiger charge is 2.59. The predicted molar refractivity (Wildman–Crippen MR) is 115 cm³/mol. The first-order valence-corrected chi connectivity index (χ1v) is 11.1. The highest BCUT2D eigenvalue weighted by molar-refractivity contribution is 5.43. The van der Waals surface area contributed by atoms with Gasteiger partial charge in [0.05, 0.1) is 0 Å². The van der Waals surface area contributed by atoms with Gasteiger partial charge in [0.15, 0.2) is 0 Å². The molecule has 2 fully saturated rings. The van der Waals surface area contributed by atoms with E-state index in [1.54, 1.807) is 16.7 Å². The van der Waals surface area contributed by atoms with Crippen LogP contribution in [-0.2, 0) is 0 Å². The lowest BCUT2D eigenvalue weighted by Gasteiger charge is -2.51. The van der Waals surface area contributed by atoms with Gasteiger partial charge in [0, 0.05) is 0 Å². The molecule has 0 nitrogen and oxygen atoms in total. The van der Waals surface area contributed by atoms with Crippen molar-refractivity contribution in [3.8, 4) is 0 Å². The van der Waals surface area contributed by atoms with Crippen LogP contribution >= 0.6 is 0 Å². The van der Waals surface area contributed by atoms with E-state index in [1.807, 2.05) is 0 Å². The lowest BCUT2D eigenvalue weighted by Crippen LogP contribution is -2.42. The van der Waals surface area contributed by atoms with Crippen LogP contribution in [-0.4, -0.2) is 0 Å². The maximum atomic E-state index is 4.20. The van der Waals surface area contributed by atoms with E-state index in [1.165, 1.54) is 50.5 Å². The molecule has 3 aliphatic carbocycles. The fraction of sp³-hybridized carbons (Fsp3) is 0.769. The molecule has 6 atom stereocenters. The molecule has 3 aliphatic rings. The quantitative estimate of drug-likeness (QED) is 0.437. The van der Waals surface area contributed by atoms with Crippen molar-refractivity contribution < 1.29 is 0 Å². The summed E-state index contributed by atoms with van der Waals surface area (Å²) in [6.07, 6.45) is 12.0. The summed E-state index contributed by atoms with van der Waals surface area (Å²) in [5.41, 5.74) is 7.47. The van der Waals surface area contributed by atoms with Crippen LogP contribution in [0.25, 0.3) is 0 Å². The van der Waals surface area contributed by atoms with E-state index in [4.69, 9.17) is 0 Å². The molecule has 0 heterocycles. The van der Waals surface area contributed by atoms with Crippen LogP contribution < -0.4 is 0 Å². The largest absolute Gasteiger partial charge is 0.0999 e. The second-order valence-corrected chi connectivity index (χ2v) is 10.8. The lowest BCUT2D eigenvalue weighted by atomic mass is 9.53. The van der Waals surface area contributed by atoms with Gasteiger partial charge in [-0.1, -0.05) is 58.4 Å². The van der Waals surface area contributed by atoms with Gasteiger partial charge in [-0.2, -0.15) is 0 Å². The van der Waals surface area contributed by atoms with Crippen LogP contribution in [0.5, 0.6) is 0 Å². The van der Waals surface area contributed by atoms with Crippen LogP contribution in [0.15, 0.2) is 34.9 Å². The summed E-state index contributed by atoms with van der Waals surface area (Å²) >= 11 is 0. The zero-order valence-electron chi connectivity index (χ0n) is 18.5. The van der Waals surface area contributed by atoms with Crippen molar-refractivity contribution in [1.29, 1.82) is 0 Å². The summed E-state index contributed by atoms with van der Waals surface area (Å²) in [6.45, 7) is 21.4. The molecule has 5 unspecified atom stereocenters. The zero-order valence-corrected chi connectivity index (χ0v) is 18.5. The minimum atomic E-state index is 0.478. The SMILES string of the molecule is C=C(C)C(C)C(C)CCC1[C@H](C)CC2(C)CC3=C(C)CCC=C3CC12C. The molecule has 2 saturated carbocycles. The molecule has 0 bridgehead atoms. The topological polar surface area (TPSA) is 0 Å². The third kappa shape index (κ3) is 3.16. The Hall–Kier alpha value is -0.780. The van der Waals surface area contributed by atoms with Gasteiger partial charge < -0.3 is 0 Å². The predicted octanol–water partition coefficient (Wildman–Crippen LogP) is 8.11. The maximum Gasteiger partial charge on any atom is -0.0197 e. The summed E-state index contributed by atoms with van der Waals surface area (Å²) in [4.78, 5) is 0. The van der Waals surface area contributed by atoms with E-state index < -0.39 is 0 Å². The van der Waals surface area contributed by atoms with Gasteiger partial charge in [-0.25, -0.2) is 0 Å². The molecule has 0 aromatic carbocycles. The number of rotatable bonds is 5. The highest BCUT2D eigenvalue weighted by Crippen LogP contribution is 2.68. The van der Waals surface area contributed by atoms with E-state index >= 15 is 0 Å². The van der Waals surface area contributed by atoms with Crippen molar-refractivity contribution in [2.75, 3.05) is 0 Å². The minimum absolute atomic E-state index is 0.478. The van der Waals surface area contributed by atoms with Crippen LogP contribution in [0.2, 0.25) is 0 Å². The summed E-state index contributed by atoms with van der Waals surface area (Å²) in [5.74, 6) is 3.14. The van der Waals surface area contributed by atoms with Crippen LogP contribution in [0.3, 0.4) is 0 Å². The summed E-state index contributed by atoms with van der Waals surface area (Å²) in [7, 11) is 0. The van der Waals surface area contributed by atoms with Crippen molar-refractivity contribution in [3.05, 3.63) is 34.9 Å². The van der Waals surface area contributed by atoms with E-state index in [2.05, 4.69) is 61.1 Å². The number of hydrogen-bond acceptors (Lipinski definition) is 0. The van der Waals surface area contributed by atoms with Gasteiger partial charge in [0.1, 0.15) is 0 Å². The molecule has 0 heteroatoms. The van der Waals surface area contributed by atoms with Gasteiger partial charge in [-0.05, 0) is 104 Å². The molecule has 0 radical (unpaired) electrons. The van der Waals surface area contributed by atoms with E-state index in [9.17, 15) is 0 Å². The highest BCUT2D eigenvalue weighted by atomic mass is 14.6. The van der Waals surface area contributed by atoms with E-state index in [0.29, 0.717) is 16.7 Å². The molecular formula is C26H42. The Kier molecular flexibility index (Phi) is 5.37. The number of fused-ring (bicyclic) bond motifs is 2. The van der Waals surface area contributed by atoms with Gasteiger partial charge in [-0.15, -0.1) is 0 Å². The first-order chi connectivity index (χ1) is 12.1. The first-order valence-electron chi connectivity index (χ1n) is 11.1. The molecule has 0 saturated heterocycles. The molecule has 0 spiro atoms. The average molecular weight is 355 g/mol. The maximum absolute atomic E-state index is 4.20. The van der Waals surface area contributed by atoms with Gasteiger partial charge >= 0.3 is 0 Å². The molecule has 146 valence electrons. The fourth-order valence-corrected chi connectivity index (χ4v) is 6.80. The van der Waals surface area contributed by atoms with Crippen LogP contribution in [0.4, 0.5) is 0 Å². The zero-order chi connectivity index (χ0) is 19.3. The first kappa shape index (κ1) is 20.0. The fourth-order valence-electron chi connectivity index (χ4n) is 6.80. The molecule has 3 rings (SSSR count). The Balaban J connectivity index is 1.81. The summed E-state index contributed by atoms with van der Waals surface area (Å²) in [6, 6.07) is 0. The van der Waals surface area contributed by atoms with Crippen LogP contribution in [0, 0.1) is 34.5 Å². The molecule has 0 N–H and O–H groups in total. The Bertz CT molecular complexity index is 632. The molecule has 0 aliphatic heterocycles. The van der Waals surface area contributed by atoms with Crippen molar-refractivity contribution >= 4 is 0 Å². The minimum Gasteiger partial charge on any atom is -0.0999 e. The van der Waals surface area contributed by atoms with Crippen LogP contribution in [0.1, 0.15) is 93.4 Å². The normalized spacial score (nSPS) is 39.1. The molecule has 26 heavy (non-hydrogen) atoms. The Labute approximate surface area is 163 Å². The molecule has 0 aromatic heterocycles. The standard InChI is InChI=1S/C26H42/c1-17(2)21(6)18(3)12-13-24-20(5)14-25(7)16-23-19(4)10-9-11-22(23)15-26(24,25)8/h11,18,20-21,24H,1,9-10,12-16H2,2-8H3/t18?,20-,21?,24?,25?,26?/m1/s1. The van der Waals surface area contributed by atoms with Gasteiger partial charge in [-0.3, -0.25) is 0 Å². The second-order valence-electron chi connectivity index (χ2n) is 10.8. The lowest BCUT2D eigenvalue weighted by molar-refractivity contribution is 0.0436. The van der Waals surface area contributed by atoms with Crippen molar-refractivity contribution in [2.24, 2.45) is 34.5 Å². The average Bonchev–Trinajstić information content (AvgIpc) is 2.75. The van der Waals surface area contributed by atoms with E-state index in [-0.39, 0.29) is 0 Å². The molecular weight excluding hydrogens is 312 g/mol. The number of hydrogen-bond donors (Lipinski definition) is 0. The number of allylic oxidation sites excluding steroid dienone is 5. The third-order valence-electron chi connectivity index (χ3n) is 9.16. The smallest absolute Gasteiger partial charge is 0.0197 e. The third-order valence-corrected chi connectivity index (χ3v) is 9.16.